The Balaban J connectivity index is 2.59. The van der Waals surface area contributed by atoms with Crippen LogP contribution >= 0.6 is 0 Å². The van der Waals surface area contributed by atoms with Crippen molar-refractivity contribution in [3.8, 4) is 5.75 Å². The van der Waals surface area contributed by atoms with Crippen molar-refractivity contribution >= 4 is 6.47 Å². The summed E-state index contributed by atoms with van der Waals surface area (Å²) in [5.74, 6) is 0.638. The molecule has 0 fully saturated rings. The van der Waals surface area contributed by atoms with Crippen LogP contribution in [0.1, 0.15) is 31.7 Å². The van der Waals surface area contributed by atoms with Gasteiger partial charge < -0.3 is 4.74 Å². The van der Waals surface area contributed by atoms with Crippen molar-refractivity contribution in [1.29, 1.82) is 0 Å². The smallest absolute Gasteiger partial charge is 0.418 e. The lowest BCUT2D eigenvalue weighted by Gasteiger charge is -2.05. The van der Waals surface area contributed by atoms with Crippen molar-refractivity contribution in [1.82, 2.24) is 0 Å². The highest BCUT2D eigenvalue weighted by atomic mass is 16.5. The van der Waals surface area contributed by atoms with Gasteiger partial charge in [0, 0.05) is 0 Å². The first kappa shape index (κ1) is 10.8. The van der Waals surface area contributed by atoms with E-state index in [9.17, 15) is 4.79 Å². The molecule has 2 nitrogen and oxygen atoms in total. The molecule has 0 aliphatic rings. The molecular formula is C12H15O2. The summed E-state index contributed by atoms with van der Waals surface area (Å²) in [5, 5.41) is 0. The zero-order valence-corrected chi connectivity index (χ0v) is 8.45. The van der Waals surface area contributed by atoms with E-state index in [-0.39, 0.29) is 0 Å². The highest BCUT2D eigenvalue weighted by molar-refractivity contribution is 5.48. The van der Waals surface area contributed by atoms with Gasteiger partial charge in [-0.1, -0.05) is 38.0 Å². The van der Waals surface area contributed by atoms with E-state index in [1.165, 1.54) is 19.3 Å². The molecule has 0 amide bonds. The number of para-hydroxylation sites is 1. The van der Waals surface area contributed by atoms with Crippen molar-refractivity contribution in [2.24, 2.45) is 0 Å². The predicted octanol–water partition coefficient (Wildman–Crippen LogP) is 2.87. The molecule has 0 aromatic heterocycles. The molecule has 0 aliphatic heterocycles. The van der Waals surface area contributed by atoms with Gasteiger partial charge in [-0.05, 0) is 24.5 Å². The first-order valence-electron chi connectivity index (χ1n) is 5.00. The minimum absolute atomic E-state index is 0.638. The Hall–Kier alpha value is -1.31. The highest BCUT2D eigenvalue weighted by Gasteiger charge is 2.01. The Morgan fingerprint density at radius 3 is 2.79 bits per heavy atom. The molecule has 0 atom stereocenters. The maximum Gasteiger partial charge on any atom is 0.423 e. The molecule has 1 aromatic carbocycles. The van der Waals surface area contributed by atoms with Crippen molar-refractivity contribution in [2.45, 2.75) is 32.6 Å². The van der Waals surface area contributed by atoms with Crippen LogP contribution in [0.4, 0.5) is 0 Å². The quantitative estimate of drug-likeness (QED) is 0.646. The van der Waals surface area contributed by atoms with E-state index >= 15 is 0 Å². The van der Waals surface area contributed by atoms with Gasteiger partial charge in [0.1, 0.15) is 5.75 Å². The topological polar surface area (TPSA) is 26.3 Å². The van der Waals surface area contributed by atoms with E-state index in [2.05, 4.69) is 6.92 Å². The highest BCUT2D eigenvalue weighted by Crippen LogP contribution is 2.19. The fourth-order valence-corrected chi connectivity index (χ4v) is 1.42. The lowest BCUT2D eigenvalue weighted by molar-refractivity contribution is 0.439. The Kier molecular flexibility index (Phi) is 4.76. The molecule has 2 heteroatoms. The van der Waals surface area contributed by atoms with Crippen LogP contribution in [0.2, 0.25) is 0 Å². The van der Waals surface area contributed by atoms with Crippen molar-refractivity contribution < 1.29 is 9.53 Å². The van der Waals surface area contributed by atoms with Crippen LogP contribution in [-0.2, 0) is 11.2 Å². The van der Waals surface area contributed by atoms with Gasteiger partial charge in [-0.15, -0.1) is 0 Å². The molecule has 0 saturated heterocycles. The first-order valence-corrected chi connectivity index (χ1v) is 5.00. The SMILES string of the molecule is CCCCCc1ccccc1O[C]=O. The van der Waals surface area contributed by atoms with E-state index < -0.39 is 0 Å². The van der Waals surface area contributed by atoms with Gasteiger partial charge in [-0.25, -0.2) is 4.79 Å². The van der Waals surface area contributed by atoms with Crippen molar-refractivity contribution in [2.75, 3.05) is 0 Å². The molecule has 0 saturated carbocycles. The third-order valence-corrected chi connectivity index (χ3v) is 2.17. The summed E-state index contributed by atoms with van der Waals surface area (Å²) in [7, 11) is 0. The van der Waals surface area contributed by atoms with Gasteiger partial charge in [-0.3, -0.25) is 0 Å². The second-order valence-corrected chi connectivity index (χ2v) is 3.25. The third-order valence-electron chi connectivity index (χ3n) is 2.17. The number of hydrogen-bond donors (Lipinski definition) is 0. The standard InChI is InChI=1S/C12H15O2/c1-2-3-4-7-11-8-5-6-9-12(11)14-10-13/h5-6,8-9H,2-4,7H2,1H3. The van der Waals surface area contributed by atoms with E-state index in [1.54, 1.807) is 6.07 Å². The predicted molar refractivity (Wildman–Crippen MR) is 56.0 cm³/mol. The lowest BCUT2D eigenvalue weighted by Crippen LogP contribution is -1.94. The van der Waals surface area contributed by atoms with E-state index in [1.807, 2.05) is 18.2 Å². The normalized spacial score (nSPS) is 9.79. The van der Waals surface area contributed by atoms with E-state index in [4.69, 9.17) is 4.74 Å². The van der Waals surface area contributed by atoms with Gasteiger partial charge in [0.2, 0.25) is 0 Å². The summed E-state index contributed by atoms with van der Waals surface area (Å²) in [6.45, 7) is 3.63. The molecule has 75 valence electrons. The number of rotatable bonds is 6. The molecule has 1 radical (unpaired) electrons. The van der Waals surface area contributed by atoms with Crippen LogP contribution < -0.4 is 4.74 Å². The molecule has 0 N–H and O–H groups in total. The third kappa shape index (κ3) is 3.21. The van der Waals surface area contributed by atoms with Crippen LogP contribution in [0.15, 0.2) is 24.3 Å². The summed E-state index contributed by atoms with van der Waals surface area (Å²) < 4.78 is 4.76. The van der Waals surface area contributed by atoms with Gasteiger partial charge in [-0.2, -0.15) is 0 Å². The molecule has 1 aromatic rings. The molecule has 0 aliphatic carbocycles. The van der Waals surface area contributed by atoms with Crippen LogP contribution in [0, 0.1) is 0 Å². The first-order chi connectivity index (χ1) is 6.88. The number of hydrogen-bond acceptors (Lipinski definition) is 2. The van der Waals surface area contributed by atoms with Crippen molar-refractivity contribution in [3.05, 3.63) is 29.8 Å². The molecule has 0 bridgehead atoms. The zero-order valence-electron chi connectivity index (χ0n) is 8.45. The fraction of sp³-hybridized carbons (Fsp3) is 0.417. The second-order valence-electron chi connectivity index (χ2n) is 3.25. The minimum atomic E-state index is 0.638. The summed E-state index contributed by atoms with van der Waals surface area (Å²) in [6, 6.07) is 7.60. The summed E-state index contributed by atoms with van der Waals surface area (Å²) in [6.07, 6.45) is 4.50. The van der Waals surface area contributed by atoms with Crippen LogP contribution in [0.3, 0.4) is 0 Å². The number of carbonyl (C=O) groups excluding carboxylic acids is 1. The maximum absolute atomic E-state index is 10.1. The number of aryl methyl sites for hydroxylation is 1. The van der Waals surface area contributed by atoms with E-state index in [0.717, 1.165) is 18.4 Å². The molecule has 1 rings (SSSR count). The molecular weight excluding hydrogens is 176 g/mol. The van der Waals surface area contributed by atoms with Gasteiger partial charge in [0.25, 0.3) is 0 Å². The number of ether oxygens (including phenoxy) is 1. The van der Waals surface area contributed by atoms with Gasteiger partial charge >= 0.3 is 6.47 Å². The largest absolute Gasteiger partial charge is 0.423 e. The minimum Gasteiger partial charge on any atom is -0.418 e. The zero-order chi connectivity index (χ0) is 10.2. The molecule has 0 spiro atoms. The fourth-order valence-electron chi connectivity index (χ4n) is 1.42. The van der Waals surface area contributed by atoms with Crippen LogP contribution in [0.5, 0.6) is 5.75 Å². The van der Waals surface area contributed by atoms with E-state index in [0.29, 0.717) is 5.75 Å². The maximum atomic E-state index is 10.1. The number of unbranched alkanes of at least 4 members (excludes halogenated alkanes) is 2. The Morgan fingerprint density at radius 2 is 2.07 bits per heavy atom. The van der Waals surface area contributed by atoms with Gasteiger partial charge in [0.15, 0.2) is 0 Å². The molecule has 0 unspecified atom stereocenters. The summed E-state index contributed by atoms with van der Waals surface area (Å²) >= 11 is 0. The Bertz CT molecular complexity index is 281. The second kappa shape index (κ2) is 6.19. The summed E-state index contributed by atoms with van der Waals surface area (Å²) in [5.41, 5.74) is 1.09. The van der Waals surface area contributed by atoms with Crippen LogP contribution in [0.25, 0.3) is 0 Å². The monoisotopic (exact) mass is 191 g/mol. The van der Waals surface area contributed by atoms with Gasteiger partial charge in [0.05, 0.1) is 0 Å². The average Bonchev–Trinajstić information content (AvgIpc) is 2.21. The Morgan fingerprint density at radius 1 is 1.29 bits per heavy atom. The van der Waals surface area contributed by atoms with Crippen LogP contribution in [-0.4, -0.2) is 6.47 Å². The Labute approximate surface area is 84.9 Å². The van der Waals surface area contributed by atoms with Crippen molar-refractivity contribution in [3.63, 3.8) is 0 Å². The average molecular weight is 191 g/mol. The lowest BCUT2D eigenvalue weighted by atomic mass is 10.1. The molecule has 0 heterocycles. The summed E-state index contributed by atoms with van der Waals surface area (Å²) in [4.78, 5) is 10.1. The number of benzene rings is 1. The molecule has 14 heavy (non-hydrogen) atoms.